The number of hydrogen-bond acceptors (Lipinski definition) is 5. The van der Waals surface area contributed by atoms with Crippen molar-refractivity contribution in [1.29, 1.82) is 0 Å². The average Bonchev–Trinajstić information content (AvgIpc) is 2.79. The molecule has 0 aliphatic rings. The third-order valence-corrected chi connectivity index (χ3v) is 3.15. The fourth-order valence-electron chi connectivity index (χ4n) is 1.38. The third kappa shape index (κ3) is 3.80. The number of ether oxygens (including phenoxy) is 1. The van der Waals surface area contributed by atoms with Crippen LogP contribution in [0, 0.1) is 0 Å². The van der Waals surface area contributed by atoms with E-state index in [-0.39, 0.29) is 0 Å². The lowest BCUT2D eigenvalue weighted by Gasteiger charge is -2.03. The molecular formula is C12H15N3OS. The third-order valence-electron chi connectivity index (χ3n) is 2.16. The smallest absolute Gasteiger partial charge is 0.131 e. The number of benzene rings is 1. The molecule has 0 saturated carbocycles. The van der Waals surface area contributed by atoms with Gasteiger partial charge in [-0.3, -0.25) is 0 Å². The quantitative estimate of drug-likeness (QED) is 0.849. The molecule has 2 rings (SSSR count). The summed E-state index contributed by atoms with van der Waals surface area (Å²) >= 11 is 1.63. The predicted octanol–water partition coefficient (Wildman–Crippen LogP) is 1.88. The first-order valence-corrected chi connectivity index (χ1v) is 6.34. The molecule has 0 amide bonds. The van der Waals surface area contributed by atoms with Gasteiger partial charge in [0.05, 0.1) is 6.61 Å². The van der Waals surface area contributed by atoms with E-state index in [1.54, 1.807) is 11.3 Å². The molecule has 1 heterocycles. The molecular weight excluding hydrogens is 234 g/mol. The second-order valence-corrected chi connectivity index (χ2v) is 4.68. The monoisotopic (exact) mass is 249 g/mol. The molecule has 0 saturated heterocycles. The van der Waals surface area contributed by atoms with E-state index in [1.807, 2.05) is 37.4 Å². The number of rotatable bonds is 6. The zero-order chi connectivity index (χ0) is 11.9. The van der Waals surface area contributed by atoms with Gasteiger partial charge in [-0.1, -0.05) is 18.2 Å². The van der Waals surface area contributed by atoms with Gasteiger partial charge in [0.15, 0.2) is 0 Å². The Bertz CT molecular complexity index is 444. The molecule has 2 aromatic rings. The zero-order valence-electron chi connectivity index (χ0n) is 9.72. The summed E-state index contributed by atoms with van der Waals surface area (Å²) in [5.41, 5.74) is 0. The highest BCUT2D eigenvalue weighted by Crippen LogP contribution is 2.12. The molecule has 0 radical (unpaired) electrons. The van der Waals surface area contributed by atoms with Crippen LogP contribution >= 0.6 is 11.3 Å². The van der Waals surface area contributed by atoms with Gasteiger partial charge in [0.1, 0.15) is 15.8 Å². The summed E-state index contributed by atoms with van der Waals surface area (Å²) in [6.45, 7) is 1.41. The minimum atomic E-state index is 0.637. The molecule has 0 atom stereocenters. The molecule has 1 N–H and O–H groups in total. The summed E-state index contributed by atoms with van der Waals surface area (Å²) in [4.78, 5) is 0. The van der Waals surface area contributed by atoms with Gasteiger partial charge in [0, 0.05) is 13.0 Å². The lowest BCUT2D eigenvalue weighted by atomic mass is 10.3. The van der Waals surface area contributed by atoms with Crippen LogP contribution in [-0.4, -0.2) is 23.9 Å². The number of nitrogens with one attached hydrogen (secondary N) is 1. The second kappa shape index (κ2) is 6.32. The van der Waals surface area contributed by atoms with Gasteiger partial charge in [-0.15, -0.1) is 21.5 Å². The van der Waals surface area contributed by atoms with Crippen LogP contribution < -0.4 is 10.1 Å². The summed E-state index contributed by atoms with van der Waals surface area (Å²) in [7, 11) is 1.90. The maximum Gasteiger partial charge on any atom is 0.131 e. The predicted molar refractivity (Wildman–Crippen MR) is 68.3 cm³/mol. The van der Waals surface area contributed by atoms with Crippen LogP contribution in [0.3, 0.4) is 0 Å². The Morgan fingerprint density at radius 2 is 1.94 bits per heavy atom. The van der Waals surface area contributed by atoms with Crippen LogP contribution in [0.5, 0.6) is 5.75 Å². The van der Waals surface area contributed by atoms with Crippen LogP contribution in [0.4, 0.5) is 0 Å². The van der Waals surface area contributed by atoms with Crippen molar-refractivity contribution in [1.82, 2.24) is 15.5 Å². The van der Waals surface area contributed by atoms with Crippen molar-refractivity contribution in [2.45, 2.75) is 13.0 Å². The van der Waals surface area contributed by atoms with Crippen molar-refractivity contribution in [3.05, 3.63) is 40.3 Å². The minimum absolute atomic E-state index is 0.637. The Balaban J connectivity index is 1.78. The van der Waals surface area contributed by atoms with Crippen molar-refractivity contribution in [2.24, 2.45) is 0 Å². The largest absolute Gasteiger partial charge is 0.493 e. The fraction of sp³-hybridized carbons (Fsp3) is 0.333. The molecule has 0 aliphatic carbocycles. The maximum atomic E-state index is 5.60. The zero-order valence-corrected chi connectivity index (χ0v) is 10.5. The van der Waals surface area contributed by atoms with Crippen LogP contribution in [0.25, 0.3) is 0 Å². The van der Waals surface area contributed by atoms with E-state index < -0.39 is 0 Å². The first-order chi connectivity index (χ1) is 8.38. The molecule has 4 nitrogen and oxygen atoms in total. The Morgan fingerprint density at radius 3 is 2.71 bits per heavy atom. The summed E-state index contributed by atoms with van der Waals surface area (Å²) in [5, 5.41) is 13.3. The SMILES string of the molecule is CNCc1nnc(CCOc2ccccc2)s1. The minimum Gasteiger partial charge on any atom is -0.493 e. The molecule has 0 spiro atoms. The molecule has 0 fully saturated rings. The normalized spacial score (nSPS) is 10.4. The van der Waals surface area contributed by atoms with Crippen LogP contribution in [0.1, 0.15) is 10.0 Å². The average molecular weight is 249 g/mol. The molecule has 0 bridgehead atoms. The Morgan fingerprint density at radius 1 is 1.18 bits per heavy atom. The van der Waals surface area contributed by atoms with Gasteiger partial charge in [-0.05, 0) is 19.2 Å². The summed E-state index contributed by atoms with van der Waals surface area (Å²) in [6.07, 6.45) is 0.802. The van der Waals surface area contributed by atoms with E-state index >= 15 is 0 Å². The maximum absolute atomic E-state index is 5.60. The number of nitrogens with zero attached hydrogens (tertiary/aromatic N) is 2. The molecule has 17 heavy (non-hydrogen) atoms. The number of aromatic nitrogens is 2. The van der Waals surface area contributed by atoms with Gasteiger partial charge in [-0.25, -0.2) is 0 Å². The lowest BCUT2D eigenvalue weighted by Crippen LogP contribution is -2.04. The summed E-state index contributed by atoms with van der Waals surface area (Å²) < 4.78 is 5.60. The summed E-state index contributed by atoms with van der Waals surface area (Å²) in [5.74, 6) is 0.896. The molecule has 5 heteroatoms. The first kappa shape index (κ1) is 12.0. The van der Waals surface area contributed by atoms with Gasteiger partial charge in [0.25, 0.3) is 0 Å². The second-order valence-electron chi connectivity index (χ2n) is 3.53. The highest BCUT2D eigenvalue weighted by Gasteiger charge is 2.03. The first-order valence-electron chi connectivity index (χ1n) is 5.52. The van der Waals surface area contributed by atoms with Crippen LogP contribution in [0.15, 0.2) is 30.3 Å². The van der Waals surface area contributed by atoms with E-state index in [1.165, 1.54) is 0 Å². The van der Waals surface area contributed by atoms with Crippen molar-refractivity contribution in [3.8, 4) is 5.75 Å². The van der Waals surface area contributed by atoms with Crippen molar-refractivity contribution in [2.75, 3.05) is 13.7 Å². The molecule has 0 unspecified atom stereocenters. The topological polar surface area (TPSA) is 47.0 Å². The number of hydrogen-bond donors (Lipinski definition) is 1. The van der Waals surface area contributed by atoms with Crippen LogP contribution in [-0.2, 0) is 13.0 Å². The highest BCUT2D eigenvalue weighted by molar-refractivity contribution is 7.11. The van der Waals surface area contributed by atoms with Gasteiger partial charge in [-0.2, -0.15) is 0 Å². The lowest BCUT2D eigenvalue weighted by molar-refractivity contribution is 0.321. The van der Waals surface area contributed by atoms with E-state index in [4.69, 9.17) is 4.74 Å². The highest BCUT2D eigenvalue weighted by atomic mass is 32.1. The van der Waals surface area contributed by atoms with Crippen molar-refractivity contribution in [3.63, 3.8) is 0 Å². The Labute approximate surface area is 105 Å². The standard InChI is InChI=1S/C12H15N3OS/c1-13-9-12-15-14-11(17-12)7-8-16-10-5-3-2-4-6-10/h2-6,13H,7-9H2,1H3. The molecule has 90 valence electrons. The van der Waals surface area contributed by atoms with Crippen molar-refractivity contribution < 1.29 is 4.74 Å². The van der Waals surface area contributed by atoms with E-state index in [2.05, 4.69) is 15.5 Å². The van der Waals surface area contributed by atoms with Gasteiger partial charge < -0.3 is 10.1 Å². The Kier molecular flexibility index (Phi) is 4.46. The van der Waals surface area contributed by atoms with Gasteiger partial charge >= 0.3 is 0 Å². The van der Waals surface area contributed by atoms with E-state index in [9.17, 15) is 0 Å². The van der Waals surface area contributed by atoms with E-state index in [0.29, 0.717) is 6.61 Å². The molecule has 0 aliphatic heterocycles. The van der Waals surface area contributed by atoms with E-state index in [0.717, 1.165) is 28.7 Å². The van der Waals surface area contributed by atoms with Crippen molar-refractivity contribution >= 4 is 11.3 Å². The fourth-order valence-corrected chi connectivity index (χ4v) is 2.22. The molecule has 1 aromatic heterocycles. The van der Waals surface area contributed by atoms with Crippen LogP contribution in [0.2, 0.25) is 0 Å². The summed E-state index contributed by atoms with van der Waals surface area (Å²) in [6, 6.07) is 9.80. The van der Waals surface area contributed by atoms with Gasteiger partial charge in [0.2, 0.25) is 0 Å². The number of para-hydroxylation sites is 1. The molecule has 1 aromatic carbocycles. The Hall–Kier alpha value is -1.46.